The molecule has 2 aliphatic rings. The zero-order valence-corrected chi connectivity index (χ0v) is 13.4. The van der Waals surface area contributed by atoms with Crippen LogP contribution in [0.4, 0.5) is 0 Å². The Morgan fingerprint density at radius 1 is 1.32 bits per heavy atom. The van der Waals surface area contributed by atoms with Crippen LogP contribution in [0.3, 0.4) is 0 Å². The zero-order chi connectivity index (χ0) is 16.3. The van der Waals surface area contributed by atoms with Gasteiger partial charge in [-0.1, -0.05) is 12.8 Å². The molecule has 6 heteroatoms. The fourth-order valence-corrected chi connectivity index (χ4v) is 3.56. The first kappa shape index (κ1) is 16.8. The summed E-state index contributed by atoms with van der Waals surface area (Å²) < 4.78 is 0. The average Bonchev–Trinajstić information content (AvgIpc) is 2.87. The van der Waals surface area contributed by atoms with E-state index in [4.69, 9.17) is 0 Å². The van der Waals surface area contributed by atoms with Crippen LogP contribution in [0.5, 0.6) is 0 Å². The van der Waals surface area contributed by atoms with E-state index < -0.39 is 5.97 Å². The number of nitrogens with one attached hydrogen (secondary N) is 1. The van der Waals surface area contributed by atoms with Crippen LogP contribution in [-0.2, 0) is 14.4 Å². The van der Waals surface area contributed by atoms with Gasteiger partial charge in [-0.15, -0.1) is 0 Å². The van der Waals surface area contributed by atoms with E-state index in [1.165, 1.54) is 0 Å². The van der Waals surface area contributed by atoms with Crippen molar-refractivity contribution in [2.45, 2.75) is 52.0 Å². The summed E-state index contributed by atoms with van der Waals surface area (Å²) in [6.45, 7) is 4.76. The zero-order valence-electron chi connectivity index (χ0n) is 13.4. The predicted molar refractivity (Wildman–Crippen MR) is 81.0 cm³/mol. The van der Waals surface area contributed by atoms with E-state index in [1.807, 2.05) is 13.8 Å². The molecule has 1 aliphatic heterocycles. The Hall–Kier alpha value is -1.59. The number of carbonyl (C=O) groups is 3. The SMILES string of the molecule is CC(C)N1CC(C(=O)NC[C@@H]2CCCC[C@@H]2C(=O)O)CC1=O. The molecular weight excluding hydrogens is 284 g/mol. The molecule has 1 aliphatic carbocycles. The Labute approximate surface area is 131 Å². The van der Waals surface area contributed by atoms with Gasteiger partial charge in [0.2, 0.25) is 11.8 Å². The normalized spacial score (nSPS) is 29.0. The number of amides is 2. The molecule has 0 aromatic heterocycles. The molecule has 1 unspecified atom stereocenters. The standard InChI is InChI=1S/C16H26N2O4/c1-10(2)18-9-12(7-14(18)19)15(20)17-8-11-5-3-4-6-13(11)16(21)22/h10-13H,3-9H2,1-2H3,(H,17,20)(H,21,22)/t11-,12?,13-/m0/s1. The van der Waals surface area contributed by atoms with E-state index in [0.29, 0.717) is 19.5 Å². The van der Waals surface area contributed by atoms with E-state index in [0.717, 1.165) is 19.3 Å². The van der Waals surface area contributed by atoms with Gasteiger partial charge in [-0.05, 0) is 32.6 Å². The maximum Gasteiger partial charge on any atom is 0.306 e. The third-order valence-corrected chi connectivity index (χ3v) is 4.92. The van der Waals surface area contributed by atoms with Crippen molar-refractivity contribution in [3.8, 4) is 0 Å². The minimum absolute atomic E-state index is 0.00788. The van der Waals surface area contributed by atoms with Crippen molar-refractivity contribution >= 4 is 17.8 Å². The summed E-state index contributed by atoms with van der Waals surface area (Å²) in [6, 6.07) is 0.111. The highest BCUT2D eigenvalue weighted by atomic mass is 16.4. The quantitative estimate of drug-likeness (QED) is 0.800. The van der Waals surface area contributed by atoms with Crippen molar-refractivity contribution in [3.63, 3.8) is 0 Å². The van der Waals surface area contributed by atoms with E-state index in [-0.39, 0.29) is 42.0 Å². The van der Waals surface area contributed by atoms with Gasteiger partial charge in [0.25, 0.3) is 0 Å². The number of nitrogens with zero attached hydrogens (tertiary/aromatic N) is 1. The highest BCUT2D eigenvalue weighted by Gasteiger charge is 2.36. The second-order valence-electron chi connectivity index (χ2n) is 6.78. The minimum Gasteiger partial charge on any atom is -0.481 e. The van der Waals surface area contributed by atoms with Crippen LogP contribution in [0, 0.1) is 17.8 Å². The van der Waals surface area contributed by atoms with Gasteiger partial charge in [0, 0.05) is 25.6 Å². The number of rotatable bonds is 5. The predicted octanol–water partition coefficient (Wildman–Crippen LogP) is 1.25. The molecule has 0 radical (unpaired) electrons. The summed E-state index contributed by atoms with van der Waals surface area (Å²) in [6.07, 6.45) is 3.77. The maximum atomic E-state index is 12.2. The molecular formula is C16H26N2O4. The molecule has 0 bridgehead atoms. The van der Waals surface area contributed by atoms with Crippen LogP contribution in [0.2, 0.25) is 0 Å². The molecule has 22 heavy (non-hydrogen) atoms. The van der Waals surface area contributed by atoms with Crippen LogP contribution < -0.4 is 5.32 Å². The molecule has 2 fully saturated rings. The highest BCUT2D eigenvalue weighted by molar-refractivity contribution is 5.89. The lowest BCUT2D eigenvalue weighted by Crippen LogP contribution is -2.40. The van der Waals surface area contributed by atoms with Crippen molar-refractivity contribution in [2.75, 3.05) is 13.1 Å². The lowest BCUT2D eigenvalue weighted by Gasteiger charge is -2.29. The number of carboxylic acid groups (broad SMARTS) is 1. The summed E-state index contributed by atoms with van der Waals surface area (Å²) >= 11 is 0. The molecule has 1 saturated carbocycles. The van der Waals surface area contributed by atoms with E-state index in [9.17, 15) is 19.5 Å². The molecule has 124 valence electrons. The Morgan fingerprint density at radius 2 is 2.00 bits per heavy atom. The first-order valence-electron chi connectivity index (χ1n) is 8.20. The molecule has 6 nitrogen and oxygen atoms in total. The van der Waals surface area contributed by atoms with Gasteiger partial charge in [-0.2, -0.15) is 0 Å². The fourth-order valence-electron chi connectivity index (χ4n) is 3.56. The number of hydrogen-bond donors (Lipinski definition) is 2. The Bertz CT molecular complexity index is 449. The van der Waals surface area contributed by atoms with Gasteiger partial charge >= 0.3 is 5.97 Å². The second kappa shape index (κ2) is 7.11. The first-order chi connectivity index (χ1) is 10.4. The molecule has 1 saturated heterocycles. The summed E-state index contributed by atoms with van der Waals surface area (Å²) in [7, 11) is 0. The van der Waals surface area contributed by atoms with Gasteiger partial charge in [0.15, 0.2) is 0 Å². The third kappa shape index (κ3) is 3.78. The fraction of sp³-hybridized carbons (Fsp3) is 0.812. The largest absolute Gasteiger partial charge is 0.481 e. The van der Waals surface area contributed by atoms with Crippen molar-refractivity contribution in [3.05, 3.63) is 0 Å². The monoisotopic (exact) mass is 310 g/mol. The topological polar surface area (TPSA) is 86.7 Å². The third-order valence-electron chi connectivity index (χ3n) is 4.92. The second-order valence-corrected chi connectivity index (χ2v) is 6.78. The highest BCUT2D eigenvalue weighted by Crippen LogP contribution is 2.30. The molecule has 0 aromatic carbocycles. The summed E-state index contributed by atoms with van der Waals surface area (Å²) in [5.41, 5.74) is 0. The first-order valence-corrected chi connectivity index (χ1v) is 8.20. The lowest BCUT2D eigenvalue weighted by atomic mass is 9.79. The molecule has 2 rings (SSSR count). The van der Waals surface area contributed by atoms with Crippen molar-refractivity contribution in [2.24, 2.45) is 17.8 Å². The van der Waals surface area contributed by atoms with Crippen LogP contribution in [0.1, 0.15) is 46.0 Å². The number of carbonyl (C=O) groups excluding carboxylic acids is 2. The van der Waals surface area contributed by atoms with Crippen LogP contribution in [-0.4, -0.2) is 46.9 Å². The Balaban J connectivity index is 1.85. The van der Waals surface area contributed by atoms with Gasteiger partial charge in [0.1, 0.15) is 0 Å². The smallest absolute Gasteiger partial charge is 0.306 e. The van der Waals surface area contributed by atoms with Crippen molar-refractivity contribution in [1.29, 1.82) is 0 Å². The lowest BCUT2D eigenvalue weighted by molar-refractivity contribution is -0.145. The van der Waals surface area contributed by atoms with Gasteiger partial charge in [-0.3, -0.25) is 14.4 Å². The number of carboxylic acids is 1. The summed E-state index contributed by atoms with van der Waals surface area (Å²) in [4.78, 5) is 37.1. The summed E-state index contributed by atoms with van der Waals surface area (Å²) in [5, 5.41) is 12.1. The molecule has 3 atom stereocenters. The van der Waals surface area contributed by atoms with Crippen molar-refractivity contribution in [1.82, 2.24) is 10.2 Å². The molecule has 1 heterocycles. The Morgan fingerprint density at radius 3 is 2.59 bits per heavy atom. The molecule has 0 aromatic rings. The summed E-state index contributed by atoms with van der Waals surface area (Å²) in [5.74, 6) is -1.51. The van der Waals surface area contributed by atoms with Crippen LogP contribution in [0.15, 0.2) is 0 Å². The van der Waals surface area contributed by atoms with Crippen LogP contribution in [0.25, 0.3) is 0 Å². The molecule has 2 amide bonds. The average molecular weight is 310 g/mol. The number of likely N-dealkylation sites (tertiary alicyclic amines) is 1. The van der Waals surface area contributed by atoms with Gasteiger partial charge in [0.05, 0.1) is 11.8 Å². The van der Waals surface area contributed by atoms with Gasteiger partial charge in [-0.25, -0.2) is 0 Å². The van der Waals surface area contributed by atoms with E-state index in [2.05, 4.69) is 5.32 Å². The minimum atomic E-state index is -0.763. The molecule has 0 spiro atoms. The Kier molecular flexibility index (Phi) is 5.42. The maximum absolute atomic E-state index is 12.2. The van der Waals surface area contributed by atoms with Crippen LogP contribution >= 0.6 is 0 Å². The molecule has 2 N–H and O–H groups in total. The van der Waals surface area contributed by atoms with E-state index >= 15 is 0 Å². The van der Waals surface area contributed by atoms with Crippen molar-refractivity contribution < 1.29 is 19.5 Å². The van der Waals surface area contributed by atoms with E-state index in [1.54, 1.807) is 4.90 Å². The number of hydrogen-bond acceptors (Lipinski definition) is 3. The van der Waals surface area contributed by atoms with Gasteiger partial charge < -0.3 is 15.3 Å². The number of aliphatic carboxylic acids is 1.